The van der Waals surface area contributed by atoms with Crippen molar-refractivity contribution in [1.82, 2.24) is 29.7 Å². The number of methoxy groups -OCH3 is 1. The lowest BCUT2D eigenvalue weighted by Gasteiger charge is -2.28. The summed E-state index contributed by atoms with van der Waals surface area (Å²) in [7, 11) is -2.25. The van der Waals surface area contributed by atoms with Gasteiger partial charge < -0.3 is 24.4 Å². The maximum Gasteiger partial charge on any atom is 0.259 e. The summed E-state index contributed by atoms with van der Waals surface area (Å²) in [4.78, 5) is 48.1. The number of aromatic nitrogens is 3. The van der Waals surface area contributed by atoms with Crippen molar-refractivity contribution in [3.8, 4) is 17.3 Å². The average molecular weight is 721 g/mol. The van der Waals surface area contributed by atoms with E-state index in [1.807, 2.05) is 50.4 Å². The molecule has 3 amide bonds. The number of sulfonamides is 1. The first-order valence-electron chi connectivity index (χ1n) is 17.5. The fraction of sp³-hybridized carbons (Fsp3) is 0.528. The van der Waals surface area contributed by atoms with Gasteiger partial charge in [0.15, 0.2) is 5.82 Å². The molecule has 51 heavy (non-hydrogen) atoms. The lowest BCUT2D eigenvalue weighted by atomic mass is 10.1. The smallest absolute Gasteiger partial charge is 0.259 e. The van der Waals surface area contributed by atoms with E-state index in [1.165, 1.54) is 4.90 Å². The van der Waals surface area contributed by atoms with E-state index in [2.05, 4.69) is 15.1 Å². The molecule has 1 aromatic carbocycles. The third-order valence-corrected chi connectivity index (χ3v) is 12.1. The van der Waals surface area contributed by atoms with Crippen LogP contribution in [-0.4, -0.2) is 95.1 Å². The Kier molecular flexibility index (Phi) is 9.29. The first kappa shape index (κ1) is 34.9. The quantitative estimate of drug-likeness (QED) is 0.346. The van der Waals surface area contributed by atoms with Crippen LogP contribution in [0.3, 0.4) is 0 Å². The first-order chi connectivity index (χ1) is 24.4. The van der Waals surface area contributed by atoms with E-state index < -0.39 is 50.9 Å². The van der Waals surface area contributed by atoms with E-state index in [1.54, 1.807) is 24.8 Å². The van der Waals surface area contributed by atoms with Gasteiger partial charge in [-0.15, -0.1) is 0 Å². The normalized spacial score (nSPS) is 27.8. The lowest BCUT2D eigenvalue weighted by Crippen LogP contribution is -2.57. The molecule has 0 spiro atoms. The second-order valence-electron chi connectivity index (χ2n) is 14.0. The highest BCUT2D eigenvalue weighted by Gasteiger charge is 2.62. The molecule has 5 atom stereocenters. The van der Waals surface area contributed by atoms with Gasteiger partial charge in [0, 0.05) is 42.2 Å². The molecule has 0 radical (unpaired) electrons. The van der Waals surface area contributed by atoms with E-state index in [4.69, 9.17) is 19.2 Å². The van der Waals surface area contributed by atoms with Crippen LogP contribution in [0.1, 0.15) is 63.1 Å². The van der Waals surface area contributed by atoms with E-state index >= 15 is 0 Å². The number of carbonyl (C=O) groups excluding carboxylic acids is 3. The van der Waals surface area contributed by atoms with Gasteiger partial charge in [-0.25, -0.2) is 18.1 Å². The highest BCUT2D eigenvalue weighted by molar-refractivity contribution is 7.91. The topological polar surface area (TPSA) is 171 Å². The van der Waals surface area contributed by atoms with Gasteiger partial charge in [-0.3, -0.25) is 19.1 Å². The number of hydrogen-bond acceptors (Lipinski definition) is 10. The number of allylic oxidation sites excluding steroid dienone is 1. The second-order valence-corrected chi connectivity index (χ2v) is 16.0. The number of nitrogens with zero attached hydrogens (tertiary/aromatic N) is 4. The van der Waals surface area contributed by atoms with Crippen molar-refractivity contribution in [1.29, 1.82) is 0 Å². The molecular weight excluding hydrogens is 676 g/mol. The van der Waals surface area contributed by atoms with Crippen molar-refractivity contribution in [3.05, 3.63) is 53.9 Å². The Labute approximate surface area is 296 Å². The maximum atomic E-state index is 14.2. The van der Waals surface area contributed by atoms with E-state index in [0.29, 0.717) is 42.3 Å². The molecule has 4 heterocycles. The second kappa shape index (κ2) is 13.6. The molecule has 7 rings (SSSR count). The van der Waals surface area contributed by atoms with E-state index in [0.717, 1.165) is 35.9 Å². The molecule has 15 heteroatoms. The van der Waals surface area contributed by atoms with Crippen molar-refractivity contribution >= 4 is 38.6 Å². The summed E-state index contributed by atoms with van der Waals surface area (Å²) in [5.41, 5.74) is 0.833. The van der Waals surface area contributed by atoms with Crippen molar-refractivity contribution in [2.45, 2.75) is 94.8 Å². The molecule has 2 saturated carbocycles. The van der Waals surface area contributed by atoms with E-state index in [9.17, 15) is 22.8 Å². The number of aryl methyl sites for hydroxylation is 2. The van der Waals surface area contributed by atoms with Gasteiger partial charge in [-0.1, -0.05) is 12.2 Å². The standard InChI is InChI=1S/C36H44N6O8S/c1-21-14-15-42(39-21)31-18-30(27-12-13-29(48-4)22(2)32(27)37-31)50-25-17-28-33(43)38-36(35(45)40-51(46,47)26-10-11-26)19-24(36)9-7-5-6-8-16-49-23(3)34(44)41(28)20-25/h7,9,12-15,18,23-26,28H,5-6,8,10-11,16-17,19-20H2,1-4H3,(H,38,43)(H,40,45)/b9-7-/t23-,24-,25-,28+,36-/m1/s1. The van der Waals surface area contributed by atoms with Gasteiger partial charge in [-0.05, 0) is 77.5 Å². The number of amides is 3. The molecule has 2 aromatic heterocycles. The van der Waals surface area contributed by atoms with Gasteiger partial charge in [0.2, 0.25) is 15.9 Å². The van der Waals surface area contributed by atoms with Crippen molar-refractivity contribution in [2.24, 2.45) is 5.92 Å². The van der Waals surface area contributed by atoms with Gasteiger partial charge in [0.1, 0.15) is 35.3 Å². The predicted octanol–water partition coefficient (Wildman–Crippen LogP) is 3.02. The molecule has 2 N–H and O–H groups in total. The van der Waals surface area contributed by atoms with Crippen molar-refractivity contribution in [2.75, 3.05) is 20.3 Å². The number of carbonyl (C=O) groups is 3. The predicted molar refractivity (Wildman–Crippen MR) is 187 cm³/mol. The molecule has 4 aliphatic rings. The Hall–Kier alpha value is -4.50. The van der Waals surface area contributed by atoms with Gasteiger partial charge in [-0.2, -0.15) is 5.10 Å². The number of rotatable bonds is 7. The Morgan fingerprint density at radius 3 is 2.67 bits per heavy atom. The number of fused-ring (bicyclic) bond motifs is 3. The molecule has 0 unspecified atom stereocenters. The Balaban J connectivity index is 1.21. The molecule has 272 valence electrons. The number of benzene rings is 1. The Bertz CT molecular complexity index is 2010. The summed E-state index contributed by atoms with van der Waals surface area (Å²) in [6.07, 6.45) is 7.82. The summed E-state index contributed by atoms with van der Waals surface area (Å²) in [5, 5.41) is 7.55. The van der Waals surface area contributed by atoms with Gasteiger partial charge in [0.05, 0.1) is 30.1 Å². The molecular formula is C36H44N6O8S. The average Bonchev–Trinajstić information content (AvgIpc) is 3.99. The van der Waals surface area contributed by atoms with Crippen LogP contribution in [-0.2, 0) is 29.1 Å². The minimum atomic E-state index is -3.85. The summed E-state index contributed by atoms with van der Waals surface area (Å²) >= 11 is 0. The summed E-state index contributed by atoms with van der Waals surface area (Å²) < 4.78 is 47.6. The van der Waals surface area contributed by atoms with E-state index in [-0.39, 0.29) is 31.2 Å². The van der Waals surface area contributed by atoms with Crippen LogP contribution in [0.2, 0.25) is 0 Å². The summed E-state index contributed by atoms with van der Waals surface area (Å²) in [6.45, 7) is 5.92. The Morgan fingerprint density at radius 2 is 1.94 bits per heavy atom. The fourth-order valence-corrected chi connectivity index (χ4v) is 8.42. The minimum Gasteiger partial charge on any atom is -0.496 e. The Morgan fingerprint density at radius 1 is 1.14 bits per heavy atom. The maximum absolute atomic E-state index is 14.2. The summed E-state index contributed by atoms with van der Waals surface area (Å²) in [5.74, 6) is -0.392. The third kappa shape index (κ3) is 6.93. The highest BCUT2D eigenvalue weighted by atomic mass is 32.2. The number of ether oxygens (including phenoxy) is 3. The number of hydrogen-bond donors (Lipinski definition) is 2. The zero-order chi connectivity index (χ0) is 36.1. The first-order valence-corrected chi connectivity index (χ1v) is 19.1. The van der Waals surface area contributed by atoms with Crippen molar-refractivity contribution < 1.29 is 37.0 Å². The van der Waals surface area contributed by atoms with Crippen LogP contribution >= 0.6 is 0 Å². The van der Waals surface area contributed by atoms with Crippen LogP contribution < -0.4 is 19.5 Å². The van der Waals surface area contributed by atoms with Crippen LogP contribution in [0.5, 0.6) is 11.5 Å². The molecule has 3 fully saturated rings. The van der Waals surface area contributed by atoms with Crippen LogP contribution in [0.25, 0.3) is 16.7 Å². The largest absolute Gasteiger partial charge is 0.496 e. The third-order valence-electron chi connectivity index (χ3n) is 10.3. The molecule has 14 nitrogen and oxygen atoms in total. The number of nitrogens with one attached hydrogen (secondary N) is 2. The zero-order valence-corrected chi connectivity index (χ0v) is 30.1. The molecule has 3 aromatic rings. The van der Waals surface area contributed by atoms with Crippen LogP contribution in [0, 0.1) is 19.8 Å². The van der Waals surface area contributed by atoms with Crippen LogP contribution in [0.15, 0.2) is 42.6 Å². The molecule has 2 aliphatic heterocycles. The zero-order valence-electron chi connectivity index (χ0n) is 29.3. The highest BCUT2D eigenvalue weighted by Crippen LogP contribution is 2.46. The monoisotopic (exact) mass is 720 g/mol. The van der Waals surface area contributed by atoms with Crippen molar-refractivity contribution in [3.63, 3.8) is 0 Å². The molecule has 1 saturated heterocycles. The van der Waals surface area contributed by atoms with Gasteiger partial charge in [0.25, 0.3) is 11.8 Å². The number of pyridine rings is 1. The fourth-order valence-electron chi connectivity index (χ4n) is 7.06. The molecule has 0 bridgehead atoms. The van der Waals surface area contributed by atoms with Crippen LogP contribution in [0.4, 0.5) is 0 Å². The SMILES string of the molecule is COc1ccc2c(O[C@@H]3C[C@H]4C(=O)N[C@]5(C(=O)NS(=O)(=O)C6CC6)C[C@H]5/C=C\CCCCO[C@H](C)C(=O)N4C3)cc(-n3ccc(C)n3)nc2c1C. The lowest BCUT2D eigenvalue weighted by molar-refractivity contribution is -0.147. The minimum absolute atomic E-state index is 0.0817. The van der Waals surface area contributed by atoms with Gasteiger partial charge >= 0.3 is 0 Å². The summed E-state index contributed by atoms with van der Waals surface area (Å²) in [6, 6.07) is 6.35. The molecule has 2 aliphatic carbocycles.